The van der Waals surface area contributed by atoms with Crippen LogP contribution in [0.2, 0.25) is 0 Å². The first-order valence-electron chi connectivity index (χ1n) is 10.2. The number of anilines is 1. The third-order valence-corrected chi connectivity index (χ3v) is 5.18. The molecule has 2 aromatic heterocycles. The summed E-state index contributed by atoms with van der Waals surface area (Å²) >= 11 is 0. The molecule has 0 saturated heterocycles. The average molecular weight is 444 g/mol. The minimum absolute atomic E-state index is 0.202. The number of nitrogens with zero attached hydrogens (tertiary/aromatic N) is 5. The lowest BCUT2D eigenvalue weighted by atomic mass is 10.2. The van der Waals surface area contributed by atoms with Crippen molar-refractivity contribution < 1.29 is 18.3 Å². The first-order valence-corrected chi connectivity index (χ1v) is 10.2. The van der Waals surface area contributed by atoms with Gasteiger partial charge in [-0.3, -0.25) is 0 Å². The van der Waals surface area contributed by atoms with Crippen LogP contribution >= 0.6 is 0 Å². The number of rotatable bonds is 8. The molecule has 0 amide bonds. The van der Waals surface area contributed by atoms with Crippen molar-refractivity contribution in [3.63, 3.8) is 0 Å². The molecule has 4 rings (SSSR count). The lowest BCUT2D eigenvalue weighted by molar-refractivity contribution is -0.147. The van der Waals surface area contributed by atoms with Crippen LogP contribution in [-0.2, 0) is 19.3 Å². The highest BCUT2D eigenvalue weighted by Gasteiger charge is 2.38. The van der Waals surface area contributed by atoms with E-state index in [1.54, 1.807) is 29.8 Å². The molecule has 0 radical (unpaired) electrons. The topological polar surface area (TPSA) is 80.8 Å². The molecule has 2 heterocycles. The molecule has 0 aliphatic carbocycles. The van der Waals surface area contributed by atoms with Crippen LogP contribution in [0.1, 0.15) is 36.5 Å². The van der Waals surface area contributed by atoms with Crippen LogP contribution in [0.4, 0.5) is 18.9 Å². The number of aliphatic hydroxyl groups excluding tert-OH is 1. The molecule has 7 nitrogen and oxygen atoms in total. The van der Waals surface area contributed by atoms with Gasteiger partial charge in [0.25, 0.3) is 0 Å². The van der Waals surface area contributed by atoms with Crippen LogP contribution < -0.4 is 5.32 Å². The Labute approximate surface area is 182 Å². The smallest absolute Gasteiger partial charge is 0.396 e. The van der Waals surface area contributed by atoms with Crippen LogP contribution in [0.5, 0.6) is 0 Å². The fraction of sp³-hybridized carbons (Fsp3) is 0.318. The number of alkyl halides is 3. The summed E-state index contributed by atoms with van der Waals surface area (Å²) in [6, 6.07) is 14.2. The standard InChI is InChI=1S/C22H23F3N6O/c1-15(9-10-32)31-20-8-7-17(11-19(20)27-21(31)22(23,24)25)26-12-18-14-30(29-28-18)13-16-5-3-2-4-6-16/h2-8,11,14-15,26,32H,9-10,12-13H2,1H3. The average Bonchev–Trinajstić information content (AvgIpc) is 3.37. The molecule has 2 N–H and O–H groups in total. The fourth-order valence-electron chi connectivity index (χ4n) is 3.63. The number of benzene rings is 2. The molecular formula is C22H23F3N6O. The van der Waals surface area contributed by atoms with E-state index < -0.39 is 18.0 Å². The second-order valence-electron chi connectivity index (χ2n) is 7.61. The van der Waals surface area contributed by atoms with E-state index >= 15 is 0 Å². The molecule has 0 aliphatic heterocycles. The quantitative estimate of drug-likeness (QED) is 0.425. The first-order chi connectivity index (χ1) is 15.3. The van der Waals surface area contributed by atoms with E-state index in [4.69, 9.17) is 0 Å². The summed E-state index contributed by atoms with van der Waals surface area (Å²) < 4.78 is 43.5. The van der Waals surface area contributed by atoms with Gasteiger partial charge in [-0.1, -0.05) is 35.5 Å². The lowest BCUT2D eigenvalue weighted by Gasteiger charge is -2.18. The van der Waals surface area contributed by atoms with Crippen LogP contribution in [0.15, 0.2) is 54.7 Å². The zero-order chi connectivity index (χ0) is 22.7. The number of halogens is 3. The number of imidazole rings is 1. The van der Waals surface area contributed by atoms with Crippen molar-refractivity contribution >= 4 is 16.7 Å². The van der Waals surface area contributed by atoms with Crippen LogP contribution in [-0.4, -0.2) is 36.3 Å². The summed E-state index contributed by atoms with van der Waals surface area (Å²) in [6.07, 6.45) is -2.56. The Morgan fingerprint density at radius 3 is 2.62 bits per heavy atom. The molecule has 0 spiro atoms. The number of aliphatic hydroxyl groups is 1. The summed E-state index contributed by atoms with van der Waals surface area (Å²) in [5, 5.41) is 20.6. The Morgan fingerprint density at radius 1 is 1.12 bits per heavy atom. The SMILES string of the molecule is CC(CCO)n1c(C(F)(F)F)nc2cc(NCc3cn(Cc4ccccc4)nn3)ccc21. The van der Waals surface area contributed by atoms with Crippen molar-refractivity contribution in [2.24, 2.45) is 0 Å². The maximum Gasteiger partial charge on any atom is 0.449 e. The van der Waals surface area contributed by atoms with Crippen molar-refractivity contribution in [2.45, 2.75) is 38.7 Å². The monoisotopic (exact) mass is 444 g/mol. The molecule has 2 aromatic carbocycles. The molecule has 1 atom stereocenters. The third-order valence-electron chi connectivity index (χ3n) is 5.18. The Balaban J connectivity index is 1.51. The largest absolute Gasteiger partial charge is 0.449 e. The van der Waals surface area contributed by atoms with Crippen LogP contribution in [0, 0.1) is 0 Å². The minimum Gasteiger partial charge on any atom is -0.396 e. The van der Waals surface area contributed by atoms with Gasteiger partial charge in [-0.05, 0) is 37.1 Å². The van der Waals surface area contributed by atoms with Gasteiger partial charge in [-0.25, -0.2) is 9.67 Å². The zero-order valence-electron chi connectivity index (χ0n) is 17.4. The van der Waals surface area contributed by atoms with E-state index in [1.165, 1.54) is 0 Å². The van der Waals surface area contributed by atoms with E-state index in [0.717, 1.165) is 10.1 Å². The maximum absolute atomic E-state index is 13.5. The van der Waals surface area contributed by atoms with Gasteiger partial charge >= 0.3 is 6.18 Å². The van der Waals surface area contributed by atoms with Gasteiger partial charge in [-0.2, -0.15) is 13.2 Å². The van der Waals surface area contributed by atoms with Crippen molar-refractivity contribution in [1.82, 2.24) is 24.5 Å². The predicted molar refractivity (Wildman–Crippen MR) is 114 cm³/mol. The minimum atomic E-state index is -4.59. The molecule has 32 heavy (non-hydrogen) atoms. The van der Waals surface area contributed by atoms with E-state index in [9.17, 15) is 18.3 Å². The Kier molecular flexibility index (Phi) is 6.13. The number of hydrogen-bond donors (Lipinski definition) is 2. The molecule has 0 aliphatic rings. The van der Waals surface area contributed by atoms with E-state index in [2.05, 4.69) is 20.6 Å². The van der Waals surface area contributed by atoms with Crippen molar-refractivity contribution in [1.29, 1.82) is 0 Å². The Hall–Kier alpha value is -3.40. The highest BCUT2D eigenvalue weighted by Crippen LogP contribution is 2.35. The molecular weight excluding hydrogens is 421 g/mol. The van der Waals surface area contributed by atoms with Crippen LogP contribution in [0.25, 0.3) is 11.0 Å². The number of hydrogen-bond acceptors (Lipinski definition) is 5. The van der Waals surface area contributed by atoms with E-state index in [-0.39, 0.29) is 18.5 Å². The van der Waals surface area contributed by atoms with E-state index in [0.29, 0.717) is 30.0 Å². The third kappa shape index (κ3) is 4.75. The second kappa shape index (κ2) is 8.99. The van der Waals surface area contributed by atoms with Gasteiger partial charge in [0.1, 0.15) is 5.69 Å². The summed E-state index contributed by atoms with van der Waals surface area (Å²) in [6.45, 7) is 2.40. The number of fused-ring (bicyclic) bond motifs is 1. The fourth-order valence-corrected chi connectivity index (χ4v) is 3.63. The molecule has 4 aromatic rings. The normalized spacial score (nSPS) is 12.9. The van der Waals surface area contributed by atoms with Crippen molar-refractivity contribution in [3.8, 4) is 0 Å². The van der Waals surface area contributed by atoms with Gasteiger partial charge in [0.15, 0.2) is 0 Å². The second-order valence-corrected chi connectivity index (χ2v) is 7.61. The molecule has 0 fully saturated rings. The number of aromatic nitrogens is 5. The Bertz CT molecular complexity index is 1190. The van der Waals surface area contributed by atoms with Gasteiger partial charge in [0, 0.05) is 18.3 Å². The summed E-state index contributed by atoms with van der Waals surface area (Å²) in [5.41, 5.74) is 3.05. The highest BCUT2D eigenvalue weighted by atomic mass is 19.4. The molecule has 168 valence electrons. The van der Waals surface area contributed by atoms with Gasteiger partial charge in [-0.15, -0.1) is 5.10 Å². The molecule has 10 heteroatoms. The molecule has 0 saturated carbocycles. The predicted octanol–water partition coefficient (Wildman–Crippen LogP) is 4.25. The lowest BCUT2D eigenvalue weighted by Crippen LogP contribution is -2.18. The van der Waals surface area contributed by atoms with Crippen molar-refractivity contribution in [3.05, 3.63) is 71.8 Å². The summed E-state index contributed by atoms with van der Waals surface area (Å²) in [4.78, 5) is 3.84. The first kappa shape index (κ1) is 21.8. The summed E-state index contributed by atoms with van der Waals surface area (Å²) in [7, 11) is 0. The molecule has 0 bridgehead atoms. The maximum atomic E-state index is 13.5. The van der Waals surface area contributed by atoms with E-state index in [1.807, 2.05) is 36.5 Å². The highest BCUT2D eigenvalue weighted by molar-refractivity contribution is 5.80. The number of nitrogens with one attached hydrogen (secondary N) is 1. The van der Waals surface area contributed by atoms with Gasteiger partial charge in [0.2, 0.25) is 5.82 Å². The van der Waals surface area contributed by atoms with Crippen LogP contribution in [0.3, 0.4) is 0 Å². The summed E-state index contributed by atoms with van der Waals surface area (Å²) in [5.74, 6) is -0.963. The zero-order valence-corrected chi connectivity index (χ0v) is 17.4. The van der Waals surface area contributed by atoms with Gasteiger partial charge < -0.3 is 15.0 Å². The Morgan fingerprint density at radius 2 is 1.91 bits per heavy atom. The molecule has 1 unspecified atom stereocenters. The van der Waals surface area contributed by atoms with Gasteiger partial charge in [0.05, 0.1) is 30.3 Å². The van der Waals surface area contributed by atoms with Crippen molar-refractivity contribution in [2.75, 3.05) is 11.9 Å².